The number of benzene rings is 1. The number of nitrogens with one attached hydrogen (secondary N) is 2. The van der Waals surface area contributed by atoms with Crippen molar-refractivity contribution in [3.05, 3.63) is 28.2 Å². The molecule has 1 fully saturated rings. The highest BCUT2D eigenvalue weighted by Crippen LogP contribution is 2.24. The van der Waals surface area contributed by atoms with Crippen LogP contribution in [0.5, 0.6) is 0 Å². The number of hydrogen-bond acceptors (Lipinski definition) is 6. The van der Waals surface area contributed by atoms with Gasteiger partial charge in [0.05, 0.1) is 32.6 Å². The highest BCUT2D eigenvalue weighted by Gasteiger charge is 2.35. The topological polar surface area (TPSA) is 113 Å². The molecule has 1 aliphatic heterocycles. The first-order chi connectivity index (χ1) is 10.6. The smallest absolute Gasteiger partial charge is 0.240 e. The van der Waals surface area contributed by atoms with Crippen LogP contribution in [-0.2, 0) is 19.9 Å². The molecular formula is C12H16Cl2N2O5S2. The van der Waals surface area contributed by atoms with Crippen LogP contribution in [0.4, 0.5) is 0 Å². The van der Waals surface area contributed by atoms with Crippen LogP contribution in [0.2, 0.25) is 10.0 Å². The average molecular weight is 403 g/mol. The van der Waals surface area contributed by atoms with Crippen LogP contribution in [0.25, 0.3) is 0 Å². The van der Waals surface area contributed by atoms with E-state index < -0.39 is 32.0 Å². The van der Waals surface area contributed by atoms with Gasteiger partial charge in [0.25, 0.3) is 0 Å². The molecule has 0 aliphatic carbocycles. The Hall–Kier alpha value is -0.420. The summed E-state index contributed by atoms with van der Waals surface area (Å²) in [6.45, 7) is 0.212. The fraction of sp³-hybridized carbons (Fsp3) is 0.500. The lowest BCUT2D eigenvalue weighted by atomic mass is 10.2. The highest BCUT2D eigenvalue weighted by atomic mass is 35.5. The van der Waals surface area contributed by atoms with Gasteiger partial charge in [-0.15, -0.1) is 0 Å². The summed E-state index contributed by atoms with van der Waals surface area (Å²) in [5.41, 5.74) is 0. The molecule has 1 saturated heterocycles. The lowest BCUT2D eigenvalue weighted by Crippen LogP contribution is -2.42. The van der Waals surface area contributed by atoms with E-state index in [0.717, 1.165) is 0 Å². The van der Waals surface area contributed by atoms with E-state index in [1.807, 2.05) is 0 Å². The number of aliphatic hydroxyl groups excluding tert-OH is 1. The molecule has 0 bridgehead atoms. The third kappa shape index (κ3) is 5.02. The van der Waals surface area contributed by atoms with E-state index >= 15 is 0 Å². The van der Waals surface area contributed by atoms with Gasteiger partial charge in [-0.1, -0.05) is 23.2 Å². The zero-order valence-electron chi connectivity index (χ0n) is 11.9. The minimum absolute atomic E-state index is 0.0182. The Morgan fingerprint density at radius 3 is 2.43 bits per heavy atom. The second-order valence-electron chi connectivity index (χ2n) is 5.18. The number of halogens is 2. The molecule has 1 aromatic carbocycles. The predicted molar refractivity (Wildman–Crippen MR) is 88.1 cm³/mol. The Kier molecular flexibility index (Phi) is 5.94. The van der Waals surface area contributed by atoms with Crippen LogP contribution in [0.3, 0.4) is 0 Å². The molecule has 23 heavy (non-hydrogen) atoms. The van der Waals surface area contributed by atoms with Gasteiger partial charge in [0, 0.05) is 19.1 Å². The third-order valence-corrected chi connectivity index (χ3v) is 7.26. The van der Waals surface area contributed by atoms with Crippen LogP contribution in [0, 0.1) is 0 Å². The normalized spacial score (nSPS) is 24.0. The van der Waals surface area contributed by atoms with E-state index in [9.17, 15) is 21.9 Å². The zero-order chi connectivity index (χ0) is 17.3. The molecule has 1 aliphatic rings. The molecule has 1 aromatic rings. The summed E-state index contributed by atoms with van der Waals surface area (Å²) in [5, 5.41) is 12.8. The Bertz CT molecular complexity index is 783. The lowest BCUT2D eigenvalue weighted by Gasteiger charge is -2.15. The van der Waals surface area contributed by atoms with E-state index in [2.05, 4.69) is 10.0 Å². The van der Waals surface area contributed by atoms with Crippen LogP contribution in [-0.4, -0.2) is 58.7 Å². The molecule has 130 valence electrons. The number of aliphatic hydroxyl groups is 1. The number of sulfone groups is 1. The highest BCUT2D eigenvalue weighted by molar-refractivity contribution is 7.91. The number of sulfonamides is 1. The second kappa shape index (κ2) is 7.22. The van der Waals surface area contributed by atoms with Crippen molar-refractivity contribution in [1.82, 2.24) is 10.0 Å². The predicted octanol–water partition coefficient (Wildman–Crippen LogP) is 0.0192. The summed E-state index contributed by atoms with van der Waals surface area (Å²) in [6, 6.07) is 3.37. The molecule has 0 spiro atoms. The molecule has 2 rings (SSSR count). The maximum Gasteiger partial charge on any atom is 0.240 e. The second-order valence-corrected chi connectivity index (χ2v) is 9.91. The Balaban J connectivity index is 1.87. The van der Waals surface area contributed by atoms with Gasteiger partial charge in [0.2, 0.25) is 10.0 Å². The zero-order valence-corrected chi connectivity index (χ0v) is 15.0. The molecule has 0 saturated carbocycles. The molecule has 1 heterocycles. The van der Waals surface area contributed by atoms with Crippen molar-refractivity contribution < 1.29 is 21.9 Å². The van der Waals surface area contributed by atoms with Crippen LogP contribution in [0.15, 0.2) is 23.1 Å². The minimum Gasteiger partial charge on any atom is -0.390 e. The summed E-state index contributed by atoms with van der Waals surface area (Å²) in [6.07, 6.45) is -0.980. The van der Waals surface area contributed by atoms with Crippen molar-refractivity contribution in [2.45, 2.75) is 17.0 Å². The maximum absolute atomic E-state index is 12.1. The maximum atomic E-state index is 12.1. The van der Waals surface area contributed by atoms with E-state index in [-0.39, 0.29) is 39.5 Å². The van der Waals surface area contributed by atoms with Crippen LogP contribution < -0.4 is 10.0 Å². The van der Waals surface area contributed by atoms with Crippen molar-refractivity contribution in [2.24, 2.45) is 0 Å². The Morgan fingerprint density at radius 2 is 1.87 bits per heavy atom. The molecular weight excluding hydrogens is 387 g/mol. The molecule has 0 aromatic heterocycles. The molecule has 2 atom stereocenters. The van der Waals surface area contributed by atoms with Gasteiger partial charge in [-0.3, -0.25) is 0 Å². The van der Waals surface area contributed by atoms with E-state index in [1.54, 1.807) is 0 Å². The summed E-state index contributed by atoms with van der Waals surface area (Å²) >= 11 is 11.5. The first-order valence-electron chi connectivity index (χ1n) is 6.67. The van der Waals surface area contributed by atoms with Crippen molar-refractivity contribution in [1.29, 1.82) is 0 Å². The van der Waals surface area contributed by atoms with E-state index in [0.29, 0.717) is 0 Å². The van der Waals surface area contributed by atoms with Crippen molar-refractivity contribution in [2.75, 3.05) is 24.6 Å². The fourth-order valence-corrected chi connectivity index (χ4v) is 5.39. The third-order valence-electron chi connectivity index (χ3n) is 3.35. The minimum atomic E-state index is -3.75. The van der Waals surface area contributed by atoms with Crippen molar-refractivity contribution in [3.63, 3.8) is 0 Å². The summed E-state index contributed by atoms with van der Waals surface area (Å²) in [7, 11) is -6.99. The SMILES string of the molecule is O=S1(=O)C[C@H](NCCNS(=O)(=O)c2ccc(Cl)c(Cl)c2)[C@@H](O)C1. The van der Waals surface area contributed by atoms with Gasteiger partial charge < -0.3 is 10.4 Å². The number of rotatable bonds is 6. The molecule has 0 unspecified atom stereocenters. The van der Waals surface area contributed by atoms with E-state index in [4.69, 9.17) is 23.2 Å². The Labute approximate surface area is 145 Å². The van der Waals surface area contributed by atoms with Gasteiger partial charge in [0.1, 0.15) is 0 Å². The standard InChI is InChI=1S/C12H16Cl2N2O5S2/c13-9-2-1-8(5-10(9)14)23(20,21)16-4-3-15-11-6-22(18,19)7-12(11)17/h1-2,5,11-12,15-17H,3-4,6-7H2/t11-,12-/m0/s1. The largest absolute Gasteiger partial charge is 0.390 e. The van der Waals surface area contributed by atoms with Gasteiger partial charge in [-0.2, -0.15) is 0 Å². The van der Waals surface area contributed by atoms with Crippen molar-refractivity contribution in [3.8, 4) is 0 Å². The molecule has 7 nitrogen and oxygen atoms in total. The molecule has 11 heteroatoms. The van der Waals surface area contributed by atoms with Crippen LogP contribution >= 0.6 is 23.2 Å². The molecule has 0 radical (unpaired) electrons. The van der Waals surface area contributed by atoms with Gasteiger partial charge in [0.15, 0.2) is 9.84 Å². The lowest BCUT2D eigenvalue weighted by molar-refractivity contribution is 0.166. The van der Waals surface area contributed by atoms with E-state index in [1.165, 1.54) is 18.2 Å². The first kappa shape index (κ1) is 18.9. The number of hydrogen-bond donors (Lipinski definition) is 3. The summed E-state index contributed by atoms with van der Waals surface area (Å²) in [5.74, 6) is -0.437. The quantitative estimate of drug-likeness (QED) is 0.578. The van der Waals surface area contributed by atoms with Crippen LogP contribution in [0.1, 0.15) is 0 Å². The first-order valence-corrected chi connectivity index (χ1v) is 10.7. The van der Waals surface area contributed by atoms with Gasteiger partial charge in [-0.25, -0.2) is 21.6 Å². The Morgan fingerprint density at radius 1 is 1.17 bits per heavy atom. The summed E-state index contributed by atoms with van der Waals surface area (Å²) in [4.78, 5) is -0.0182. The monoisotopic (exact) mass is 402 g/mol. The molecule has 0 amide bonds. The summed E-state index contributed by atoms with van der Waals surface area (Å²) < 4.78 is 49.2. The van der Waals surface area contributed by atoms with Gasteiger partial charge in [-0.05, 0) is 18.2 Å². The van der Waals surface area contributed by atoms with Gasteiger partial charge >= 0.3 is 0 Å². The van der Waals surface area contributed by atoms with Crippen molar-refractivity contribution >= 4 is 43.1 Å². The average Bonchev–Trinajstić information content (AvgIpc) is 2.70. The fourth-order valence-electron chi connectivity index (χ4n) is 2.19. The molecule has 3 N–H and O–H groups in total.